The van der Waals surface area contributed by atoms with E-state index in [0.717, 1.165) is 5.56 Å². The van der Waals surface area contributed by atoms with Crippen LogP contribution >= 0.6 is 11.6 Å². The number of hydrogen-bond donors (Lipinski definition) is 0. The van der Waals surface area contributed by atoms with Gasteiger partial charge in [0.2, 0.25) is 0 Å². The van der Waals surface area contributed by atoms with Gasteiger partial charge in [0.25, 0.3) is 11.8 Å². The van der Waals surface area contributed by atoms with Crippen LogP contribution in [0.15, 0.2) is 42.5 Å². The summed E-state index contributed by atoms with van der Waals surface area (Å²) >= 11 is 6.59. The number of aromatic nitrogens is 2. The van der Waals surface area contributed by atoms with Crippen molar-refractivity contribution < 1.29 is 23.8 Å². The van der Waals surface area contributed by atoms with Gasteiger partial charge in [0.05, 0.1) is 26.5 Å². The van der Waals surface area contributed by atoms with E-state index in [0.29, 0.717) is 53.2 Å². The molecule has 2 amide bonds. The quantitative estimate of drug-likeness (QED) is 0.539. The maximum absolute atomic E-state index is 13.5. The summed E-state index contributed by atoms with van der Waals surface area (Å²) in [5, 5.41) is 4.97. The normalized spacial score (nSPS) is 17.4. The molecule has 2 aromatic carbocycles. The molecule has 0 aliphatic carbocycles. The van der Waals surface area contributed by atoms with E-state index in [-0.39, 0.29) is 24.1 Å². The number of fused-ring (bicyclic) bond motifs is 2. The van der Waals surface area contributed by atoms with Gasteiger partial charge in [-0.2, -0.15) is 5.10 Å². The summed E-state index contributed by atoms with van der Waals surface area (Å²) in [6.45, 7) is 0.789. The number of carbonyl (C=O) groups is 2. The van der Waals surface area contributed by atoms with Crippen LogP contribution in [-0.2, 0) is 17.8 Å². The van der Waals surface area contributed by atoms with Crippen molar-refractivity contribution in [2.45, 2.75) is 19.0 Å². The van der Waals surface area contributed by atoms with E-state index in [9.17, 15) is 9.59 Å². The standard InChI is InChI=1S/C25H25ClN4O5/c1-28-17-11-20(33-2)21(34-3)12-19(17)35-14-18(24(28)31)29-10-9-16-22(25(29)32)27-30(23(16)26)13-15-7-5-4-6-8-15/h4-8,11-12,18H,9-10,13-14H2,1-3H3/t18-/m0/s1. The van der Waals surface area contributed by atoms with Gasteiger partial charge in [0.1, 0.15) is 23.6 Å². The van der Waals surface area contributed by atoms with E-state index >= 15 is 0 Å². The molecule has 10 heteroatoms. The molecule has 0 saturated heterocycles. The van der Waals surface area contributed by atoms with Crippen LogP contribution in [0.1, 0.15) is 21.6 Å². The number of nitrogens with zero attached hydrogens (tertiary/aromatic N) is 4. The molecule has 35 heavy (non-hydrogen) atoms. The van der Waals surface area contributed by atoms with Gasteiger partial charge in [0.15, 0.2) is 17.2 Å². The number of amides is 2. The first-order valence-corrected chi connectivity index (χ1v) is 11.6. The second-order valence-electron chi connectivity index (χ2n) is 8.41. The van der Waals surface area contributed by atoms with Crippen LogP contribution < -0.4 is 19.1 Å². The first-order chi connectivity index (χ1) is 16.9. The Balaban J connectivity index is 1.42. The number of rotatable bonds is 5. The van der Waals surface area contributed by atoms with Gasteiger partial charge in [-0.25, -0.2) is 4.68 Å². The van der Waals surface area contributed by atoms with E-state index in [1.165, 1.54) is 24.0 Å². The lowest BCUT2D eigenvalue weighted by Gasteiger charge is -2.33. The molecular formula is C25H25ClN4O5. The summed E-state index contributed by atoms with van der Waals surface area (Å²) in [5.41, 5.74) is 2.54. The fraction of sp³-hybridized carbons (Fsp3) is 0.320. The molecule has 1 atom stereocenters. The van der Waals surface area contributed by atoms with Crippen molar-refractivity contribution in [2.75, 3.05) is 39.3 Å². The van der Waals surface area contributed by atoms with Crippen molar-refractivity contribution in [3.63, 3.8) is 0 Å². The lowest BCUT2D eigenvalue weighted by Crippen LogP contribution is -2.54. The first kappa shape index (κ1) is 23.0. The SMILES string of the molecule is COc1cc2c(cc1OC)N(C)C(=O)[C@@H](N1CCc3c(nn(Cc4ccccc4)c3Cl)C1=O)CO2. The minimum absolute atomic E-state index is 0.00514. The third-order valence-electron chi connectivity index (χ3n) is 6.44. The summed E-state index contributed by atoms with van der Waals surface area (Å²) in [7, 11) is 4.71. The van der Waals surface area contributed by atoms with Crippen molar-refractivity contribution in [1.29, 1.82) is 0 Å². The number of anilines is 1. The first-order valence-electron chi connectivity index (χ1n) is 11.2. The molecule has 182 valence electrons. The van der Waals surface area contributed by atoms with Gasteiger partial charge in [0, 0.05) is 31.3 Å². The van der Waals surface area contributed by atoms with Crippen molar-refractivity contribution in [2.24, 2.45) is 0 Å². The van der Waals surface area contributed by atoms with Crippen LogP contribution in [0.5, 0.6) is 17.2 Å². The molecule has 2 aliphatic rings. The van der Waals surface area contributed by atoms with Gasteiger partial charge in [-0.3, -0.25) is 9.59 Å². The fourth-order valence-corrected chi connectivity index (χ4v) is 4.81. The predicted molar refractivity (Wildman–Crippen MR) is 130 cm³/mol. The molecule has 0 N–H and O–H groups in total. The zero-order chi connectivity index (χ0) is 24.7. The highest BCUT2D eigenvalue weighted by atomic mass is 35.5. The lowest BCUT2D eigenvalue weighted by atomic mass is 10.0. The highest BCUT2D eigenvalue weighted by molar-refractivity contribution is 6.31. The molecule has 5 rings (SSSR count). The monoisotopic (exact) mass is 496 g/mol. The highest BCUT2D eigenvalue weighted by Crippen LogP contribution is 2.41. The molecule has 3 heterocycles. The number of carbonyl (C=O) groups excluding carboxylic acids is 2. The number of ether oxygens (including phenoxy) is 3. The average Bonchev–Trinajstić information content (AvgIpc) is 3.14. The average molecular weight is 497 g/mol. The molecular weight excluding hydrogens is 472 g/mol. The fourth-order valence-electron chi connectivity index (χ4n) is 4.53. The lowest BCUT2D eigenvalue weighted by molar-refractivity contribution is -0.123. The van der Waals surface area contributed by atoms with Gasteiger partial charge < -0.3 is 24.0 Å². The molecule has 0 radical (unpaired) electrons. The Morgan fingerprint density at radius 1 is 1.11 bits per heavy atom. The number of likely N-dealkylation sites (N-methyl/N-ethyl adjacent to an activating group) is 1. The number of benzene rings is 2. The molecule has 0 saturated carbocycles. The molecule has 0 unspecified atom stereocenters. The van der Waals surface area contributed by atoms with Gasteiger partial charge in [-0.15, -0.1) is 0 Å². The summed E-state index contributed by atoms with van der Waals surface area (Å²) in [4.78, 5) is 30.0. The summed E-state index contributed by atoms with van der Waals surface area (Å²) in [5.74, 6) is 0.841. The maximum atomic E-state index is 13.5. The Bertz CT molecular complexity index is 1290. The molecule has 2 aliphatic heterocycles. The molecule has 1 aromatic heterocycles. The largest absolute Gasteiger partial charge is 0.493 e. The van der Waals surface area contributed by atoms with Crippen molar-refractivity contribution in [3.8, 4) is 17.2 Å². The maximum Gasteiger partial charge on any atom is 0.275 e. The van der Waals surface area contributed by atoms with Crippen LogP contribution in [0.4, 0.5) is 5.69 Å². The van der Waals surface area contributed by atoms with E-state index in [1.807, 2.05) is 30.3 Å². The van der Waals surface area contributed by atoms with Crippen LogP contribution in [-0.4, -0.2) is 67.0 Å². The second-order valence-corrected chi connectivity index (χ2v) is 8.77. The highest BCUT2D eigenvalue weighted by Gasteiger charge is 2.41. The van der Waals surface area contributed by atoms with Crippen LogP contribution in [0, 0.1) is 0 Å². The van der Waals surface area contributed by atoms with Crippen molar-refractivity contribution >= 4 is 29.1 Å². The second kappa shape index (κ2) is 9.14. The van der Waals surface area contributed by atoms with Crippen LogP contribution in [0.25, 0.3) is 0 Å². The Labute approximate surface area is 207 Å². The Hall–Kier alpha value is -3.72. The van der Waals surface area contributed by atoms with Crippen LogP contribution in [0.3, 0.4) is 0 Å². The summed E-state index contributed by atoms with van der Waals surface area (Å²) in [6.07, 6.45) is 0.497. The predicted octanol–water partition coefficient (Wildman–Crippen LogP) is 3.02. The Morgan fingerprint density at radius 2 is 1.83 bits per heavy atom. The van der Waals surface area contributed by atoms with E-state index in [2.05, 4.69) is 5.10 Å². The molecule has 9 nitrogen and oxygen atoms in total. The van der Waals surface area contributed by atoms with Gasteiger partial charge in [-0.05, 0) is 12.0 Å². The number of hydrogen-bond acceptors (Lipinski definition) is 6. The smallest absolute Gasteiger partial charge is 0.275 e. The van der Waals surface area contributed by atoms with E-state index < -0.39 is 6.04 Å². The summed E-state index contributed by atoms with van der Waals surface area (Å²) < 4.78 is 18.4. The topological polar surface area (TPSA) is 86.1 Å². The molecule has 3 aromatic rings. The van der Waals surface area contributed by atoms with Crippen LogP contribution in [0.2, 0.25) is 5.15 Å². The minimum Gasteiger partial charge on any atom is -0.493 e. The molecule has 0 spiro atoms. The summed E-state index contributed by atoms with van der Waals surface area (Å²) in [6, 6.07) is 12.3. The third kappa shape index (κ3) is 3.95. The number of halogens is 1. The molecule has 0 fully saturated rings. The van der Waals surface area contributed by atoms with Gasteiger partial charge in [-0.1, -0.05) is 41.9 Å². The van der Waals surface area contributed by atoms with E-state index in [4.69, 9.17) is 25.8 Å². The van der Waals surface area contributed by atoms with Crippen molar-refractivity contribution in [1.82, 2.24) is 14.7 Å². The zero-order valence-electron chi connectivity index (χ0n) is 19.7. The number of methoxy groups -OCH3 is 2. The third-order valence-corrected chi connectivity index (χ3v) is 6.86. The van der Waals surface area contributed by atoms with Crippen molar-refractivity contribution in [3.05, 3.63) is 64.4 Å². The van der Waals surface area contributed by atoms with E-state index in [1.54, 1.807) is 23.9 Å². The Kier molecular flexibility index (Phi) is 6.02. The molecule has 0 bridgehead atoms. The van der Waals surface area contributed by atoms with Gasteiger partial charge >= 0.3 is 0 Å². The Morgan fingerprint density at radius 3 is 2.54 bits per heavy atom. The minimum atomic E-state index is -0.817. The zero-order valence-corrected chi connectivity index (χ0v) is 20.4.